The van der Waals surface area contributed by atoms with Gasteiger partial charge in [0.1, 0.15) is 5.82 Å². The van der Waals surface area contributed by atoms with Crippen molar-refractivity contribution in [3.63, 3.8) is 0 Å². The molecule has 0 aliphatic carbocycles. The number of halogens is 1. The summed E-state index contributed by atoms with van der Waals surface area (Å²) in [6, 6.07) is 3.44. The maximum absolute atomic E-state index is 11.8. The Hall–Kier alpha value is -1.80. The number of rotatable bonds is 3. The molecular weight excluding hydrogens is 228 g/mol. The van der Waals surface area contributed by atoms with Crippen molar-refractivity contribution in [2.75, 3.05) is 19.3 Å². The third-order valence-corrected chi connectivity index (χ3v) is 2.33. The summed E-state index contributed by atoms with van der Waals surface area (Å²) in [6.45, 7) is 0.372. The zero-order valence-corrected chi connectivity index (χ0v) is 9.53. The first-order chi connectivity index (χ1) is 7.56. The number of hydrogen-bond donors (Lipinski definition) is 1. The van der Waals surface area contributed by atoms with Crippen molar-refractivity contribution in [3.8, 4) is 6.07 Å². The van der Waals surface area contributed by atoms with Crippen LogP contribution < -0.4 is 5.73 Å². The first kappa shape index (κ1) is 12.3. The van der Waals surface area contributed by atoms with E-state index in [1.807, 2.05) is 6.07 Å². The third-order valence-electron chi connectivity index (χ3n) is 2.02. The lowest BCUT2D eigenvalue weighted by Gasteiger charge is -2.15. The van der Waals surface area contributed by atoms with E-state index in [1.54, 1.807) is 7.05 Å². The maximum atomic E-state index is 11.8. The fourth-order valence-corrected chi connectivity index (χ4v) is 1.27. The number of nitriles is 1. The Morgan fingerprint density at radius 1 is 1.75 bits per heavy atom. The van der Waals surface area contributed by atoms with Gasteiger partial charge >= 0.3 is 0 Å². The highest BCUT2D eigenvalue weighted by atomic mass is 35.5. The van der Waals surface area contributed by atoms with E-state index in [2.05, 4.69) is 4.98 Å². The second kappa shape index (κ2) is 5.33. The van der Waals surface area contributed by atoms with E-state index in [9.17, 15) is 4.79 Å². The lowest BCUT2D eigenvalue weighted by molar-refractivity contribution is 0.0797. The zero-order chi connectivity index (χ0) is 12.1. The van der Waals surface area contributed by atoms with Crippen molar-refractivity contribution in [2.45, 2.75) is 6.42 Å². The van der Waals surface area contributed by atoms with E-state index in [1.165, 1.54) is 17.2 Å². The number of aromatic nitrogens is 1. The fourth-order valence-electron chi connectivity index (χ4n) is 1.11. The van der Waals surface area contributed by atoms with Gasteiger partial charge in [-0.15, -0.1) is 0 Å². The van der Waals surface area contributed by atoms with Crippen LogP contribution in [0.1, 0.15) is 16.8 Å². The summed E-state index contributed by atoms with van der Waals surface area (Å²) < 4.78 is 0. The molecule has 6 heteroatoms. The summed E-state index contributed by atoms with van der Waals surface area (Å²) in [5.41, 5.74) is 5.79. The quantitative estimate of drug-likeness (QED) is 0.861. The van der Waals surface area contributed by atoms with Gasteiger partial charge in [0.2, 0.25) is 0 Å². The van der Waals surface area contributed by atoms with Crippen molar-refractivity contribution in [2.24, 2.45) is 0 Å². The fraction of sp³-hybridized carbons (Fsp3) is 0.300. The van der Waals surface area contributed by atoms with Crippen LogP contribution in [0.5, 0.6) is 0 Å². The summed E-state index contributed by atoms with van der Waals surface area (Å²) in [7, 11) is 1.62. The molecule has 1 rings (SSSR count). The van der Waals surface area contributed by atoms with Gasteiger partial charge in [-0.3, -0.25) is 4.79 Å². The van der Waals surface area contributed by atoms with Gasteiger partial charge in [-0.25, -0.2) is 4.98 Å². The molecule has 0 aliphatic heterocycles. The van der Waals surface area contributed by atoms with Crippen molar-refractivity contribution < 1.29 is 4.79 Å². The molecule has 2 N–H and O–H groups in total. The Bertz CT molecular complexity index is 441. The molecule has 16 heavy (non-hydrogen) atoms. The number of hydrogen-bond acceptors (Lipinski definition) is 4. The number of carbonyl (C=O) groups is 1. The van der Waals surface area contributed by atoms with Gasteiger partial charge in [-0.1, -0.05) is 11.6 Å². The average molecular weight is 239 g/mol. The molecule has 5 nitrogen and oxygen atoms in total. The molecule has 0 spiro atoms. The van der Waals surface area contributed by atoms with Crippen LogP contribution in [0.4, 0.5) is 5.82 Å². The predicted molar refractivity (Wildman–Crippen MR) is 60.8 cm³/mol. The molecule has 84 valence electrons. The van der Waals surface area contributed by atoms with Gasteiger partial charge in [0.15, 0.2) is 0 Å². The van der Waals surface area contributed by atoms with Crippen LogP contribution in [0.25, 0.3) is 0 Å². The van der Waals surface area contributed by atoms with Crippen LogP contribution >= 0.6 is 11.6 Å². The Labute approximate surface area is 98.4 Å². The lowest BCUT2D eigenvalue weighted by Crippen LogP contribution is -2.27. The van der Waals surface area contributed by atoms with Crippen LogP contribution in [0.2, 0.25) is 5.02 Å². The summed E-state index contributed by atoms with van der Waals surface area (Å²) in [4.78, 5) is 17.0. The van der Waals surface area contributed by atoms with E-state index in [0.29, 0.717) is 18.5 Å². The van der Waals surface area contributed by atoms with Crippen LogP contribution in [-0.4, -0.2) is 29.4 Å². The zero-order valence-electron chi connectivity index (χ0n) is 8.77. The van der Waals surface area contributed by atoms with Gasteiger partial charge in [-0.05, 0) is 6.07 Å². The first-order valence-corrected chi connectivity index (χ1v) is 4.97. The average Bonchev–Trinajstić information content (AvgIpc) is 2.28. The van der Waals surface area contributed by atoms with Crippen LogP contribution in [0, 0.1) is 11.3 Å². The Morgan fingerprint density at radius 2 is 2.44 bits per heavy atom. The molecule has 1 amide bonds. The molecule has 0 saturated carbocycles. The normalized spacial score (nSPS) is 9.56. The van der Waals surface area contributed by atoms with Crippen molar-refractivity contribution >= 4 is 23.3 Å². The van der Waals surface area contributed by atoms with E-state index < -0.39 is 0 Å². The smallest absolute Gasteiger partial charge is 0.255 e. The topological polar surface area (TPSA) is 83.0 Å². The summed E-state index contributed by atoms with van der Waals surface area (Å²) >= 11 is 5.76. The van der Waals surface area contributed by atoms with Gasteiger partial charge in [-0.2, -0.15) is 5.26 Å². The van der Waals surface area contributed by atoms with E-state index >= 15 is 0 Å². The molecule has 0 fully saturated rings. The third kappa shape index (κ3) is 2.84. The van der Waals surface area contributed by atoms with E-state index in [-0.39, 0.29) is 16.7 Å². The minimum atomic E-state index is -0.232. The second-order valence-electron chi connectivity index (χ2n) is 3.23. The standard InChI is InChI=1S/C10H11ClN4O/c1-15(4-2-3-12)10(16)7-5-8(11)9(13)14-6-7/h5-6H,2,4H2,1H3,(H2,13,14). The molecule has 0 saturated heterocycles. The lowest BCUT2D eigenvalue weighted by atomic mass is 10.2. The molecule has 0 bridgehead atoms. The summed E-state index contributed by atoms with van der Waals surface area (Å²) in [5.74, 6) is -0.0393. The number of pyridine rings is 1. The highest BCUT2D eigenvalue weighted by molar-refractivity contribution is 6.33. The molecule has 0 radical (unpaired) electrons. The van der Waals surface area contributed by atoms with Gasteiger partial charge in [0.05, 0.1) is 23.1 Å². The molecule has 0 unspecified atom stereocenters. The summed E-state index contributed by atoms with van der Waals surface area (Å²) in [5, 5.41) is 8.66. The molecule has 0 aliphatic rings. The van der Waals surface area contributed by atoms with Crippen LogP contribution in [-0.2, 0) is 0 Å². The number of carbonyl (C=O) groups excluding carboxylic acids is 1. The van der Waals surface area contributed by atoms with Crippen LogP contribution in [0.15, 0.2) is 12.3 Å². The highest BCUT2D eigenvalue weighted by Gasteiger charge is 2.12. The molecular formula is C10H11ClN4O. The minimum absolute atomic E-state index is 0.192. The monoisotopic (exact) mass is 238 g/mol. The highest BCUT2D eigenvalue weighted by Crippen LogP contribution is 2.17. The largest absolute Gasteiger partial charge is 0.382 e. The first-order valence-electron chi connectivity index (χ1n) is 4.59. The van der Waals surface area contributed by atoms with Crippen molar-refractivity contribution in [3.05, 3.63) is 22.8 Å². The van der Waals surface area contributed by atoms with Crippen molar-refractivity contribution in [1.82, 2.24) is 9.88 Å². The number of nitrogens with two attached hydrogens (primary N) is 1. The molecule has 1 aromatic rings. The SMILES string of the molecule is CN(CCC#N)C(=O)c1cnc(N)c(Cl)c1. The Kier molecular flexibility index (Phi) is 4.09. The van der Waals surface area contributed by atoms with Gasteiger partial charge in [0.25, 0.3) is 5.91 Å². The molecule has 1 heterocycles. The molecule has 1 aromatic heterocycles. The van der Waals surface area contributed by atoms with Gasteiger partial charge < -0.3 is 10.6 Å². The Morgan fingerprint density at radius 3 is 3.00 bits per heavy atom. The van der Waals surface area contributed by atoms with E-state index in [4.69, 9.17) is 22.6 Å². The number of amides is 1. The second-order valence-corrected chi connectivity index (χ2v) is 3.63. The predicted octanol–water partition coefficient (Wildman–Crippen LogP) is 1.30. The van der Waals surface area contributed by atoms with Crippen LogP contribution in [0.3, 0.4) is 0 Å². The molecule has 0 atom stereocenters. The number of anilines is 1. The van der Waals surface area contributed by atoms with E-state index in [0.717, 1.165) is 0 Å². The number of nitrogen functional groups attached to an aromatic ring is 1. The maximum Gasteiger partial charge on any atom is 0.255 e. The number of nitrogens with zero attached hydrogens (tertiary/aromatic N) is 3. The van der Waals surface area contributed by atoms with Gasteiger partial charge in [0, 0.05) is 19.8 Å². The summed E-state index contributed by atoms with van der Waals surface area (Å²) in [6.07, 6.45) is 1.66. The minimum Gasteiger partial charge on any atom is -0.382 e. The van der Waals surface area contributed by atoms with Crippen molar-refractivity contribution in [1.29, 1.82) is 5.26 Å². The molecule has 0 aromatic carbocycles. The Balaban J connectivity index is 2.80.